The van der Waals surface area contributed by atoms with Gasteiger partial charge in [0.05, 0.1) is 0 Å². The van der Waals surface area contributed by atoms with Crippen LogP contribution in [0.3, 0.4) is 0 Å². The maximum Gasteiger partial charge on any atom is 0.173 e. The van der Waals surface area contributed by atoms with E-state index in [2.05, 4.69) is 55.2 Å². The molecule has 1 aromatic rings. The molecule has 1 aromatic carbocycles. The zero-order valence-electron chi connectivity index (χ0n) is 11.7. The van der Waals surface area contributed by atoms with Crippen LogP contribution in [-0.2, 0) is 0 Å². The van der Waals surface area contributed by atoms with Gasteiger partial charge in [-0.25, -0.2) is 0 Å². The molecule has 0 saturated carbocycles. The van der Waals surface area contributed by atoms with E-state index in [9.17, 15) is 0 Å². The molecular weight excluding hydrogens is 242 g/mol. The highest BCUT2D eigenvalue weighted by Gasteiger charge is 2.14. The Labute approximate surface area is 116 Å². The number of benzene rings is 1. The number of hydrogen-bond donors (Lipinski definition) is 1. The lowest BCUT2D eigenvalue weighted by atomic mass is 10.2. The Hall–Kier alpha value is -1.13. The molecule has 0 atom stereocenters. The van der Waals surface area contributed by atoms with Crippen molar-refractivity contribution in [3.05, 3.63) is 30.3 Å². The Bertz CT molecular complexity index is 363. The molecule has 0 bridgehead atoms. The van der Waals surface area contributed by atoms with Gasteiger partial charge in [-0.3, -0.25) is 0 Å². The summed E-state index contributed by atoms with van der Waals surface area (Å²) in [6, 6.07) is 10.6. The third-order valence-electron chi connectivity index (χ3n) is 2.60. The van der Waals surface area contributed by atoms with Crippen LogP contribution in [0.1, 0.15) is 13.8 Å². The van der Waals surface area contributed by atoms with Gasteiger partial charge in [-0.15, -0.1) is 0 Å². The zero-order valence-corrected chi connectivity index (χ0v) is 12.5. The van der Waals surface area contributed by atoms with Gasteiger partial charge < -0.3 is 15.1 Å². The Balaban J connectivity index is 2.65. The van der Waals surface area contributed by atoms with Crippen LogP contribution < -0.4 is 10.2 Å². The molecular formula is C14H23N3S. The standard InChI is InChI=1S/C14H23N3S/c1-12(2)17(13-8-6-5-7-9-13)14(18)15-10-11-16(3)4/h5-9,12H,10-11H2,1-4H3,(H,15,18). The summed E-state index contributed by atoms with van der Waals surface area (Å²) >= 11 is 5.48. The number of rotatable bonds is 5. The molecule has 0 radical (unpaired) electrons. The van der Waals surface area contributed by atoms with E-state index in [1.807, 2.05) is 18.2 Å². The molecule has 0 aromatic heterocycles. The van der Waals surface area contributed by atoms with E-state index in [1.165, 1.54) is 0 Å². The maximum atomic E-state index is 5.48. The molecule has 1 N–H and O–H groups in total. The Kier molecular flexibility index (Phi) is 6.09. The highest BCUT2D eigenvalue weighted by atomic mass is 32.1. The van der Waals surface area contributed by atoms with Crippen LogP contribution in [0.25, 0.3) is 0 Å². The molecule has 0 aliphatic heterocycles. The molecule has 3 nitrogen and oxygen atoms in total. The predicted octanol–water partition coefficient (Wildman–Crippen LogP) is 2.34. The van der Waals surface area contributed by atoms with E-state index >= 15 is 0 Å². The van der Waals surface area contributed by atoms with E-state index in [0.29, 0.717) is 6.04 Å². The molecule has 0 aliphatic rings. The quantitative estimate of drug-likeness (QED) is 0.823. The van der Waals surface area contributed by atoms with Gasteiger partial charge in [-0.2, -0.15) is 0 Å². The van der Waals surface area contributed by atoms with Gasteiger partial charge in [0.1, 0.15) is 0 Å². The number of para-hydroxylation sites is 1. The van der Waals surface area contributed by atoms with Crippen LogP contribution in [0, 0.1) is 0 Å². The van der Waals surface area contributed by atoms with Crippen LogP contribution in [0.15, 0.2) is 30.3 Å². The molecule has 100 valence electrons. The smallest absolute Gasteiger partial charge is 0.173 e. The van der Waals surface area contributed by atoms with Crippen LogP contribution in [0.2, 0.25) is 0 Å². The Morgan fingerprint density at radius 3 is 2.33 bits per heavy atom. The lowest BCUT2D eigenvalue weighted by Gasteiger charge is -2.30. The fourth-order valence-corrected chi connectivity index (χ4v) is 2.13. The number of anilines is 1. The van der Waals surface area contributed by atoms with Gasteiger partial charge >= 0.3 is 0 Å². The number of hydrogen-bond acceptors (Lipinski definition) is 2. The van der Waals surface area contributed by atoms with Crippen molar-refractivity contribution in [1.29, 1.82) is 0 Å². The van der Waals surface area contributed by atoms with Gasteiger partial charge in [0.15, 0.2) is 5.11 Å². The first kappa shape index (κ1) is 14.9. The summed E-state index contributed by atoms with van der Waals surface area (Å²) in [5.74, 6) is 0. The van der Waals surface area contributed by atoms with Crippen LogP contribution in [0.5, 0.6) is 0 Å². The molecule has 0 aliphatic carbocycles. The van der Waals surface area contributed by atoms with E-state index in [0.717, 1.165) is 23.9 Å². The summed E-state index contributed by atoms with van der Waals surface area (Å²) in [6.45, 7) is 6.13. The topological polar surface area (TPSA) is 18.5 Å². The molecule has 0 saturated heterocycles. The summed E-state index contributed by atoms with van der Waals surface area (Å²) < 4.78 is 0. The Morgan fingerprint density at radius 1 is 1.22 bits per heavy atom. The molecule has 4 heteroatoms. The predicted molar refractivity (Wildman–Crippen MR) is 83.2 cm³/mol. The van der Waals surface area contributed by atoms with Crippen LogP contribution in [0.4, 0.5) is 5.69 Å². The van der Waals surface area contributed by atoms with Crippen molar-refractivity contribution >= 4 is 23.0 Å². The summed E-state index contributed by atoms with van der Waals surface area (Å²) in [5.41, 5.74) is 1.13. The normalized spacial score (nSPS) is 10.8. The largest absolute Gasteiger partial charge is 0.361 e. The maximum absolute atomic E-state index is 5.48. The first-order valence-corrected chi connectivity index (χ1v) is 6.70. The van der Waals surface area contributed by atoms with E-state index in [4.69, 9.17) is 12.2 Å². The van der Waals surface area contributed by atoms with Crippen molar-refractivity contribution in [2.75, 3.05) is 32.1 Å². The highest BCUT2D eigenvalue weighted by Crippen LogP contribution is 2.16. The molecule has 0 heterocycles. The van der Waals surface area contributed by atoms with Crippen LogP contribution >= 0.6 is 12.2 Å². The van der Waals surface area contributed by atoms with Crippen molar-refractivity contribution in [1.82, 2.24) is 10.2 Å². The average Bonchev–Trinajstić information content (AvgIpc) is 2.29. The van der Waals surface area contributed by atoms with Gasteiger partial charge in [0.2, 0.25) is 0 Å². The average molecular weight is 265 g/mol. The molecule has 0 spiro atoms. The lowest BCUT2D eigenvalue weighted by Crippen LogP contribution is -2.45. The minimum atomic E-state index is 0.340. The van der Waals surface area contributed by atoms with Gasteiger partial charge in [0, 0.05) is 24.8 Å². The van der Waals surface area contributed by atoms with Gasteiger partial charge in [0.25, 0.3) is 0 Å². The highest BCUT2D eigenvalue weighted by molar-refractivity contribution is 7.80. The van der Waals surface area contributed by atoms with Crippen molar-refractivity contribution < 1.29 is 0 Å². The van der Waals surface area contributed by atoms with E-state index in [-0.39, 0.29) is 0 Å². The molecule has 0 amide bonds. The first-order chi connectivity index (χ1) is 8.52. The third-order valence-corrected chi connectivity index (χ3v) is 2.95. The number of nitrogens with zero attached hydrogens (tertiary/aromatic N) is 2. The van der Waals surface area contributed by atoms with Crippen LogP contribution in [-0.4, -0.2) is 43.2 Å². The zero-order chi connectivity index (χ0) is 13.5. The lowest BCUT2D eigenvalue weighted by molar-refractivity contribution is 0.412. The Morgan fingerprint density at radius 2 is 1.83 bits per heavy atom. The fourth-order valence-electron chi connectivity index (χ4n) is 1.71. The molecule has 0 unspecified atom stereocenters. The summed E-state index contributed by atoms with van der Waals surface area (Å²) in [6.07, 6.45) is 0. The number of thiocarbonyl (C=S) groups is 1. The van der Waals surface area contributed by atoms with Crippen molar-refractivity contribution in [3.63, 3.8) is 0 Å². The summed E-state index contributed by atoms with van der Waals surface area (Å²) in [4.78, 5) is 4.28. The fraction of sp³-hybridized carbons (Fsp3) is 0.500. The minimum Gasteiger partial charge on any atom is -0.361 e. The number of nitrogens with one attached hydrogen (secondary N) is 1. The molecule has 0 fully saturated rings. The number of likely N-dealkylation sites (N-methyl/N-ethyl adjacent to an activating group) is 1. The minimum absolute atomic E-state index is 0.340. The van der Waals surface area contributed by atoms with E-state index < -0.39 is 0 Å². The van der Waals surface area contributed by atoms with Crippen molar-refractivity contribution in [3.8, 4) is 0 Å². The molecule has 1 rings (SSSR count). The first-order valence-electron chi connectivity index (χ1n) is 6.29. The summed E-state index contributed by atoms with van der Waals surface area (Å²) in [5, 5.41) is 4.10. The second-order valence-corrected chi connectivity index (χ2v) is 5.22. The molecule has 18 heavy (non-hydrogen) atoms. The monoisotopic (exact) mass is 265 g/mol. The van der Waals surface area contributed by atoms with Crippen molar-refractivity contribution in [2.45, 2.75) is 19.9 Å². The van der Waals surface area contributed by atoms with E-state index in [1.54, 1.807) is 0 Å². The summed E-state index contributed by atoms with van der Waals surface area (Å²) in [7, 11) is 4.12. The third kappa shape index (κ3) is 4.63. The second kappa shape index (κ2) is 7.34. The van der Waals surface area contributed by atoms with Crippen molar-refractivity contribution in [2.24, 2.45) is 0 Å². The second-order valence-electron chi connectivity index (χ2n) is 4.83. The SMILES string of the molecule is CC(C)N(C(=S)NCCN(C)C)c1ccccc1. The van der Waals surface area contributed by atoms with Gasteiger partial charge in [-0.05, 0) is 52.3 Å². The van der Waals surface area contributed by atoms with Gasteiger partial charge in [-0.1, -0.05) is 18.2 Å².